The van der Waals surface area contributed by atoms with E-state index in [1.165, 1.54) is 48.3 Å². The van der Waals surface area contributed by atoms with Crippen molar-refractivity contribution in [3.63, 3.8) is 0 Å². The monoisotopic (exact) mass is 696 g/mol. The van der Waals surface area contributed by atoms with Crippen molar-refractivity contribution in [2.75, 3.05) is 40.0 Å². The zero-order chi connectivity index (χ0) is 22.5. The first-order valence-corrected chi connectivity index (χ1v) is 17.2. The normalized spacial score (nSPS) is 11.3. The molecule has 0 aliphatic heterocycles. The number of hydrogen-bond donors (Lipinski definition) is 0. The molecule has 0 bridgehead atoms. The predicted octanol–water partition coefficient (Wildman–Crippen LogP) is 9.07. The van der Waals surface area contributed by atoms with E-state index in [-0.39, 0.29) is 45.3 Å². The van der Waals surface area contributed by atoms with Crippen LogP contribution in [0, 0.1) is 6.07 Å². The van der Waals surface area contributed by atoms with Gasteiger partial charge in [0.15, 0.2) is 0 Å². The molecule has 4 aromatic rings. The molecule has 0 aromatic heterocycles. The van der Waals surface area contributed by atoms with Gasteiger partial charge in [-0.25, -0.2) is 0 Å². The minimum absolute atomic E-state index is 0. The molecule has 5 rings (SSSR count). The summed E-state index contributed by atoms with van der Waals surface area (Å²) in [6, 6.07) is 25.5. The van der Waals surface area contributed by atoms with Gasteiger partial charge in [0, 0.05) is 44.9 Å². The number of fused-ring (bicyclic) bond motifs is 4. The molecule has 0 unspecified atom stereocenters. The van der Waals surface area contributed by atoms with Gasteiger partial charge in [0.05, 0.1) is 0 Å². The van der Waals surface area contributed by atoms with Crippen LogP contribution in [-0.2, 0) is 33.3 Å². The van der Waals surface area contributed by atoms with Gasteiger partial charge in [-0.15, -0.1) is 24.9 Å². The summed E-state index contributed by atoms with van der Waals surface area (Å²) >= 11 is 3.89. The standard InChI is InChI=1S/C22H14Br.2C3H9P.BrH.Pd/c23-22-20-12-16-7-3-1-5-14(16)9-18(20)11-19-10-15-6-2-4-8-17(15)13-21(19)22;2*1-4(2)3;;/h1-9,12H,10,13H2;2*1-3H3;1H;/p+1. The van der Waals surface area contributed by atoms with Crippen LogP contribution in [0.3, 0.4) is 0 Å². The van der Waals surface area contributed by atoms with E-state index in [2.05, 4.69) is 123 Å². The number of halogens is 2. The summed E-state index contributed by atoms with van der Waals surface area (Å²) in [5, 5.41) is 5.03. The minimum Gasteiger partial charge on any atom is -0.116 e. The van der Waals surface area contributed by atoms with Gasteiger partial charge in [-0.3, -0.25) is 0 Å². The van der Waals surface area contributed by atoms with Gasteiger partial charge in [0.2, 0.25) is 0 Å². The van der Waals surface area contributed by atoms with Gasteiger partial charge >= 0.3 is 0 Å². The summed E-state index contributed by atoms with van der Waals surface area (Å²) in [7, 11) is 0.500. The summed E-state index contributed by atoms with van der Waals surface area (Å²) < 4.78 is 1.24. The fourth-order valence-electron chi connectivity index (χ4n) is 3.68. The first-order valence-electron chi connectivity index (χ1n) is 10.8. The third-order valence-electron chi connectivity index (χ3n) is 4.89. The molecule has 1 aliphatic rings. The van der Waals surface area contributed by atoms with Gasteiger partial charge in [-0.1, -0.05) is 48.5 Å². The topological polar surface area (TPSA) is 0 Å². The van der Waals surface area contributed by atoms with E-state index in [9.17, 15) is 0 Å². The van der Waals surface area contributed by atoms with Crippen LogP contribution >= 0.6 is 48.8 Å². The second kappa shape index (κ2) is 14.4. The average molecular weight is 699 g/mol. The van der Waals surface area contributed by atoms with E-state index in [0.29, 0.717) is 7.92 Å². The third kappa shape index (κ3) is 8.50. The molecule has 0 atom stereocenters. The summed E-state index contributed by atoms with van der Waals surface area (Å²) in [5.74, 6) is 0. The van der Waals surface area contributed by atoms with Crippen molar-refractivity contribution >= 4 is 70.3 Å². The van der Waals surface area contributed by atoms with E-state index < -0.39 is 0 Å². The third-order valence-corrected chi connectivity index (χ3v) is 5.80. The Morgan fingerprint density at radius 2 is 1.27 bits per heavy atom. The van der Waals surface area contributed by atoms with Crippen LogP contribution in [0.2, 0.25) is 0 Å². The maximum absolute atomic E-state index is 3.89. The van der Waals surface area contributed by atoms with Crippen molar-refractivity contribution in [2.24, 2.45) is 0 Å². The molecule has 0 saturated heterocycles. The second-order valence-corrected chi connectivity index (χ2v) is 15.6. The van der Waals surface area contributed by atoms with E-state index in [4.69, 9.17) is 0 Å². The summed E-state index contributed by atoms with van der Waals surface area (Å²) in [6.45, 7) is 13.5. The molecule has 0 amide bonds. The van der Waals surface area contributed by atoms with Crippen molar-refractivity contribution in [3.05, 3.63) is 93.5 Å². The molecule has 5 heteroatoms. The Bertz CT molecular complexity index is 1180. The van der Waals surface area contributed by atoms with E-state index in [1.807, 2.05) is 0 Å². The van der Waals surface area contributed by atoms with Crippen LogP contribution in [-0.4, -0.2) is 40.0 Å². The smallest absolute Gasteiger partial charge is 0.0461 e. The predicted molar refractivity (Wildman–Crippen MR) is 161 cm³/mol. The van der Waals surface area contributed by atoms with Crippen molar-refractivity contribution in [3.8, 4) is 0 Å². The van der Waals surface area contributed by atoms with Crippen molar-refractivity contribution in [1.29, 1.82) is 0 Å². The number of hydrogen-bond acceptors (Lipinski definition) is 0. The van der Waals surface area contributed by atoms with Gasteiger partial charge in [-0.05, 0) is 119 Å². The fourth-order valence-corrected chi connectivity index (χ4v) is 4.38. The Morgan fingerprint density at radius 3 is 1.82 bits per heavy atom. The molecule has 1 aliphatic carbocycles. The first kappa shape index (κ1) is 30.9. The maximum atomic E-state index is 3.89. The summed E-state index contributed by atoms with van der Waals surface area (Å²) in [5.41, 5.74) is 5.60. The van der Waals surface area contributed by atoms with Crippen molar-refractivity contribution in [2.45, 2.75) is 12.8 Å². The van der Waals surface area contributed by atoms with E-state index in [0.717, 1.165) is 12.8 Å². The Balaban J connectivity index is 0.000000480. The van der Waals surface area contributed by atoms with Gasteiger partial charge in [0.1, 0.15) is 0 Å². The molecule has 0 nitrogen and oxygen atoms in total. The van der Waals surface area contributed by atoms with E-state index >= 15 is 0 Å². The zero-order valence-electron chi connectivity index (χ0n) is 20.2. The van der Waals surface area contributed by atoms with Gasteiger partial charge < -0.3 is 0 Å². The Hall–Kier alpha value is -0.118. The average Bonchev–Trinajstić information content (AvgIpc) is 2.71. The number of benzene rings is 4. The van der Waals surface area contributed by atoms with Crippen LogP contribution in [0.1, 0.15) is 22.3 Å². The van der Waals surface area contributed by atoms with Crippen LogP contribution in [0.4, 0.5) is 0 Å². The molecular formula is C28H34Br2P2Pd+. The molecule has 0 spiro atoms. The van der Waals surface area contributed by atoms with Crippen LogP contribution in [0.15, 0.2) is 65.1 Å². The molecular weight excluding hydrogens is 664 g/mol. The fraction of sp³-hybridized carbons (Fsp3) is 0.286. The van der Waals surface area contributed by atoms with Crippen LogP contribution < -0.4 is 0 Å². The molecule has 1 radical (unpaired) electrons. The Labute approximate surface area is 235 Å². The van der Waals surface area contributed by atoms with Gasteiger partial charge in [-0.2, -0.15) is 0 Å². The second-order valence-electron chi connectivity index (χ2n) is 9.10. The van der Waals surface area contributed by atoms with Crippen molar-refractivity contribution < 1.29 is 20.4 Å². The van der Waals surface area contributed by atoms with E-state index in [1.54, 1.807) is 0 Å². The number of rotatable bonds is 0. The summed E-state index contributed by atoms with van der Waals surface area (Å²) in [6.07, 6.45) is 1.97. The quantitative estimate of drug-likeness (QED) is 0.0861. The largest absolute Gasteiger partial charge is 0.116 e. The molecule has 0 heterocycles. The van der Waals surface area contributed by atoms with Crippen LogP contribution in [0.25, 0.3) is 21.5 Å². The molecule has 4 aromatic carbocycles. The first-order chi connectivity index (χ1) is 14.8. The zero-order valence-corrected chi connectivity index (χ0v) is 27.0. The molecule has 0 saturated carbocycles. The van der Waals surface area contributed by atoms with Gasteiger partial charge in [0.25, 0.3) is 0 Å². The molecule has 33 heavy (non-hydrogen) atoms. The minimum atomic E-state index is 0. The Kier molecular flexibility index (Phi) is 13.5. The van der Waals surface area contributed by atoms with Crippen molar-refractivity contribution in [1.82, 2.24) is 0 Å². The molecule has 0 fully saturated rings. The maximum Gasteiger partial charge on any atom is 0.0461 e. The Morgan fingerprint density at radius 1 is 0.818 bits per heavy atom. The molecule has 179 valence electrons. The molecule has 0 N–H and O–H groups in total. The summed E-state index contributed by atoms with van der Waals surface area (Å²) in [4.78, 5) is 0. The SMILES string of the molecule is Br.Brc1c2c([c]c3cc4ccccc4cc13)Cc1ccccc1C2.CP(C)C.C[PH+](C)C.[Pd]. The van der Waals surface area contributed by atoms with Crippen LogP contribution in [0.5, 0.6) is 0 Å².